The van der Waals surface area contributed by atoms with E-state index in [-0.39, 0.29) is 0 Å². The van der Waals surface area contributed by atoms with Crippen LogP contribution in [-0.2, 0) is 0 Å². The number of hydrogen-bond acceptors (Lipinski definition) is 0. The summed E-state index contributed by atoms with van der Waals surface area (Å²) in [5.41, 5.74) is 0.593. The van der Waals surface area contributed by atoms with Gasteiger partial charge in [-0.2, -0.15) is 0 Å². The molecule has 2 aliphatic rings. The van der Waals surface area contributed by atoms with Crippen molar-refractivity contribution in [3.05, 3.63) is 0 Å². The van der Waals surface area contributed by atoms with Gasteiger partial charge in [0.05, 0.1) is 0 Å². The summed E-state index contributed by atoms with van der Waals surface area (Å²) < 4.78 is 0. The molecule has 5 atom stereocenters. The minimum Gasteiger partial charge on any atom is -0.0628 e. The maximum atomic E-state index is 2.56. The van der Waals surface area contributed by atoms with E-state index in [0.29, 0.717) is 5.41 Å². The summed E-state index contributed by atoms with van der Waals surface area (Å²) >= 11 is 0. The second-order valence-electron chi connectivity index (χ2n) is 9.55. The van der Waals surface area contributed by atoms with Gasteiger partial charge in [0.1, 0.15) is 0 Å². The van der Waals surface area contributed by atoms with Crippen LogP contribution in [0.3, 0.4) is 0 Å². The molecule has 2 saturated carbocycles. The summed E-state index contributed by atoms with van der Waals surface area (Å²) in [7, 11) is 0. The highest BCUT2D eigenvalue weighted by atomic mass is 14.5. The maximum Gasteiger partial charge on any atom is -0.0320 e. The molecule has 2 aliphatic carbocycles. The third-order valence-corrected chi connectivity index (χ3v) is 6.77. The first-order valence-electron chi connectivity index (χ1n) is 9.22. The molecule has 118 valence electrons. The van der Waals surface area contributed by atoms with E-state index < -0.39 is 0 Å². The molecular weight excluding hydrogens is 240 g/mol. The first kappa shape index (κ1) is 16.4. The van der Waals surface area contributed by atoms with Gasteiger partial charge in [-0.15, -0.1) is 0 Å². The summed E-state index contributed by atoms with van der Waals surface area (Å²) in [5.74, 6) is 6.76. The van der Waals surface area contributed by atoms with Gasteiger partial charge in [0.2, 0.25) is 0 Å². The zero-order chi connectivity index (χ0) is 15.1. The highest BCUT2D eigenvalue weighted by Crippen LogP contribution is 2.58. The van der Waals surface area contributed by atoms with Crippen LogP contribution in [0.4, 0.5) is 0 Å². The molecule has 0 radical (unpaired) electrons. The molecule has 0 heterocycles. The van der Waals surface area contributed by atoms with E-state index in [4.69, 9.17) is 0 Å². The predicted molar refractivity (Wildman–Crippen MR) is 89.7 cm³/mol. The van der Waals surface area contributed by atoms with E-state index in [1.54, 1.807) is 0 Å². The third kappa shape index (κ3) is 3.25. The molecule has 0 saturated heterocycles. The van der Waals surface area contributed by atoms with E-state index in [1.165, 1.54) is 32.1 Å². The Kier molecular flexibility index (Phi) is 4.92. The van der Waals surface area contributed by atoms with Gasteiger partial charge in [0.15, 0.2) is 0 Å². The lowest BCUT2D eigenvalue weighted by atomic mass is 9.57. The van der Waals surface area contributed by atoms with Gasteiger partial charge in [-0.05, 0) is 78.9 Å². The third-order valence-electron chi connectivity index (χ3n) is 6.77. The van der Waals surface area contributed by atoms with E-state index in [2.05, 4.69) is 48.5 Å². The van der Waals surface area contributed by atoms with Crippen LogP contribution >= 0.6 is 0 Å². The molecular formula is C20H38. The van der Waals surface area contributed by atoms with Gasteiger partial charge >= 0.3 is 0 Å². The Balaban J connectivity index is 2.00. The molecule has 0 spiro atoms. The standard InChI is InChI=1S/C20H38/c1-13(2)10-15(5)17-8-9-18(17)19-11-16(14(3)4)12-20(19,6)7/h13-19H,8-12H2,1-7H3. The first-order valence-corrected chi connectivity index (χ1v) is 9.22. The fourth-order valence-corrected chi connectivity index (χ4v) is 5.49. The normalized spacial score (nSPS) is 38.2. The molecule has 0 N–H and O–H groups in total. The summed E-state index contributed by atoms with van der Waals surface area (Å²) in [6.45, 7) is 17.3. The molecule has 0 aromatic heterocycles. The van der Waals surface area contributed by atoms with E-state index in [9.17, 15) is 0 Å². The van der Waals surface area contributed by atoms with Crippen molar-refractivity contribution in [3.63, 3.8) is 0 Å². The smallest absolute Gasteiger partial charge is 0.0320 e. The van der Waals surface area contributed by atoms with E-state index in [0.717, 1.165) is 41.4 Å². The van der Waals surface area contributed by atoms with Crippen LogP contribution in [0.1, 0.15) is 80.6 Å². The molecule has 0 heteroatoms. The van der Waals surface area contributed by atoms with Gasteiger partial charge in [0, 0.05) is 0 Å². The summed E-state index contributed by atoms with van der Waals surface area (Å²) in [4.78, 5) is 0. The molecule has 0 bridgehead atoms. The van der Waals surface area contributed by atoms with Crippen LogP contribution in [0.2, 0.25) is 0 Å². The van der Waals surface area contributed by atoms with Crippen molar-refractivity contribution in [2.75, 3.05) is 0 Å². The summed E-state index contributed by atoms with van der Waals surface area (Å²) in [5, 5.41) is 0. The average Bonchev–Trinajstić information content (AvgIpc) is 2.52. The van der Waals surface area contributed by atoms with Crippen molar-refractivity contribution in [2.45, 2.75) is 80.6 Å². The fourth-order valence-electron chi connectivity index (χ4n) is 5.49. The topological polar surface area (TPSA) is 0 Å². The molecule has 2 fully saturated rings. The minimum atomic E-state index is 0.593. The lowest BCUT2D eigenvalue weighted by Crippen LogP contribution is -2.40. The van der Waals surface area contributed by atoms with E-state index >= 15 is 0 Å². The van der Waals surface area contributed by atoms with Gasteiger partial charge in [0.25, 0.3) is 0 Å². The molecule has 5 unspecified atom stereocenters. The largest absolute Gasteiger partial charge is 0.0628 e. The first-order chi connectivity index (χ1) is 9.22. The van der Waals surface area contributed by atoms with Crippen molar-refractivity contribution in [3.8, 4) is 0 Å². The average molecular weight is 279 g/mol. The highest BCUT2D eigenvalue weighted by Gasteiger charge is 2.50. The van der Waals surface area contributed by atoms with Crippen molar-refractivity contribution in [1.82, 2.24) is 0 Å². The lowest BCUT2D eigenvalue weighted by Gasteiger charge is -2.48. The van der Waals surface area contributed by atoms with Crippen molar-refractivity contribution >= 4 is 0 Å². The second-order valence-corrected chi connectivity index (χ2v) is 9.55. The molecule has 2 rings (SSSR count). The molecule has 0 nitrogen and oxygen atoms in total. The van der Waals surface area contributed by atoms with Crippen molar-refractivity contribution in [2.24, 2.45) is 46.8 Å². The zero-order valence-corrected chi connectivity index (χ0v) is 15.1. The Labute approximate surface area is 128 Å². The Hall–Kier alpha value is 0. The van der Waals surface area contributed by atoms with Crippen LogP contribution in [0.5, 0.6) is 0 Å². The number of rotatable bonds is 5. The molecule has 0 aromatic rings. The lowest BCUT2D eigenvalue weighted by molar-refractivity contribution is 0.0101. The number of hydrogen-bond donors (Lipinski definition) is 0. The Bertz CT molecular complexity index is 312. The summed E-state index contributed by atoms with van der Waals surface area (Å²) in [6, 6.07) is 0. The fraction of sp³-hybridized carbons (Fsp3) is 1.00. The molecule has 0 aliphatic heterocycles. The SMILES string of the molecule is CC(C)CC(C)C1CCC1C1CC(C(C)C)CC1(C)C. The maximum absolute atomic E-state index is 2.56. The highest BCUT2D eigenvalue weighted by molar-refractivity contribution is 4.99. The Morgan fingerprint density at radius 1 is 1.00 bits per heavy atom. The van der Waals surface area contributed by atoms with Crippen molar-refractivity contribution < 1.29 is 0 Å². The zero-order valence-electron chi connectivity index (χ0n) is 15.1. The van der Waals surface area contributed by atoms with Crippen LogP contribution in [0, 0.1) is 46.8 Å². The van der Waals surface area contributed by atoms with Crippen LogP contribution in [0.15, 0.2) is 0 Å². The molecule has 0 amide bonds. The Morgan fingerprint density at radius 3 is 2.05 bits per heavy atom. The molecule has 0 aromatic carbocycles. The molecule has 20 heavy (non-hydrogen) atoms. The van der Waals surface area contributed by atoms with Crippen LogP contribution in [-0.4, -0.2) is 0 Å². The quantitative estimate of drug-likeness (QED) is 0.545. The van der Waals surface area contributed by atoms with Crippen LogP contribution < -0.4 is 0 Å². The van der Waals surface area contributed by atoms with Gasteiger partial charge in [-0.1, -0.05) is 48.5 Å². The predicted octanol–water partition coefficient (Wildman–Crippen LogP) is 6.40. The van der Waals surface area contributed by atoms with Crippen molar-refractivity contribution in [1.29, 1.82) is 0 Å². The van der Waals surface area contributed by atoms with E-state index in [1.807, 2.05) is 0 Å². The van der Waals surface area contributed by atoms with Crippen LogP contribution in [0.25, 0.3) is 0 Å². The monoisotopic (exact) mass is 278 g/mol. The summed E-state index contributed by atoms with van der Waals surface area (Å²) in [6.07, 6.45) is 7.45. The van der Waals surface area contributed by atoms with Gasteiger partial charge in [-0.25, -0.2) is 0 Å². The second kappa shape index (κ2) is 6.01. The Morgan fingerprint density at radius 2 is 1.65 bits per heavy atom. The van der Waals surface area contributed by atoms with Gasteiger partial charge in [-0.3, -0.25) is 0 Å². The minimum absolute atomic E-state index is 0.593. The van der Waals surface area contributed by atoms with Gasteiger partial charge < -0.3 is 0 Å².